The number of hydrogen-bond acceptors (Lipinski definition) is 4. The van der Waals surface area contributed by atoms with Crippen LogP contribution in [0.15, 0.2) is 29.3 Å². The average Bonchev–Trinajstić information content (AvgIpc) is 2.62. The van der Waals surface area contributed by atoms with Gasteiger partial charge in [0.05, 0.1) is 7.11 Å². The Balaban J connectivity index is 1.71. The lowest BCUT2D eigenvalue weighted by Crippen LogP contribution is -2.51. The van der Waals surface area contributed by atoms with Crippen molar-refractivity contribution in [1.82, 2.24) is 4.90 Å². The predicted molar refractivity (Wildman–Crippen MR) is 92.5 cm³/mol. The zero-order valence-electron chi connectivity index (χ0n) is 14.1. The van der Waals surface area contributed by atoms with Crippen molar-refractivity contribution in [2.45, 2.75) is 19.3 Å². The fraction of sp³-hybridized carbons (Fsp3) is 0.529. The number of halogens is 1. The molecule has 1 heterocycles. The number of methoxy groups -OCH3 is 1. The molecule has 1 fully saturated rings. The molecule has 2 N–H and O–H groups in total. The molecular formula is C17H25FN4O2. The Kier molecular flexibility index (Phi) is 6.84. The number of nitrogens with two attached hydrogens (primary N) is 1. The first-order valence-corrected chi connectivity index (χ1v) is 8.22. The Morgan fingerprint density at radius 3 is 2.50 bits per heavy atom. The number of benzene rings is 1. The normalized spacial score (nSPS) is 15.5. The number of ether oxygens (including phenoxy) is 1. The Morgan fingerprint density at radius 2 is 1.88 bits per heavy atom. The summed E-state index contributed by atoms with van der Waals surface area (Å²) in [5, 5.41) is 0. The van der Waals surface area contributed by atoms with E-state index in [0.29, 0.717) is 18.9 Å². The molecule has 132 valence electrons. The highest BCUT2D eigenvalue weighted by atomic mass is 19.1. The minimum absolute atomic E-state index is 0.191. The molecule has 24 heavy (non-hydrogen) atoms. The number of unbranched alkanes of at least 4 members (excludes halogenated alkanes) is 1. The fourth-order valence-electron chi connectivity index (χ4n) is 2.62. The Morgan fingerprint density at radius 1 is 1.21 bits per heavy atom. The van der Waals surface area contributed by atoms with E-state index in [1.807, 2.05) is 0 Å². The number of hydrogen-bond donors (Lipinski definition) is 1. The monoisotopic (exact) mass is 336 g/mol. The van der Waals surface area contributed by atoms with Gasteiger partial charge in [-0.2, -0.15) is 0 Å². The van der Waals surface area contributed by atoms with Crippen molar-refractivity contribution in [3.8, 4) is 0 Å². The maximum absolute atomic E-state index is 13.0. The Hall–Kier alpha value is -2.31. The standard InChI is InChI=1S/C17H25FN4O2/c1-24-16(23)4-2-3-9-20-17(19)22-12-10-21(11-13-22)15-7-5-14(18)6-8-15/h5-8H,2-4,9-13H2,1H3,(H2,19,20). The summed E-state index contributed by atoms with van der Waals surface area (Å²) < 4.78 is 17.6. The van der Waals surface area contributed by atoms with Gasteiger partial charge in [-0.25, -0.2) is 4.39 Å². The number of esters is 1. The molecule has 1 aromatic rings. The second kappa shape index (κ2) is 9.10. The van der Waals surface area contributed by atoms with E-state index in [2.05, 4.69) is 19.5 Å². The Bertz CT molecular complexity index is 554. The van der Waals surface area contributed by atoms with Crippen LogP contribution in [0.4, 0.5) is 10.1 Å². The number of carbonyl (C=O) groups is 1. The number of aliphatic imine (C=N–C) groups is 1. The van der Waals surface area contributed by atoms with E-state index < -0.39 is 0 Å². The number of piperazine rings is 1. The largest absolute Gasteiger partial charge is 0.469 e. The van der Waals surface area contributed by atoms with Gasteiger partial charge in [-0.1, -0.05) is 0 Å². The molecule has 0 spiro atoms. The van der Waals surface area contributed by atoms with Crippen molar-refractivity contribution in [1.29, 1.82) is 0 Å². The molecule has 1 aliphatic rings. The van der Waals surface area contributed by atoms with Crippen LogP contribution in [-0.4, -0.2) is 56.7 Å². The minimum Gasteiger partial charge on any atom is -0.469 e. The lowest BCUT2D eigenvalue weighted by atomic mass is 10.2. The van der Waals surface area contributed by atoms with E-state index in [4.69, 9.17) is 5.73 Å². The van der Waals surface area contributed by atoms with E-state index in [-0.39, 0.29) is 11.8 Å². The lowest BCUT2D eigenvalue weighted by Gasteiger charge is -2.36. The molecule has 6 nitrogen and oxygen atoms in total. The first-order chi connectivity index (χ1) is 11.6. The quantitative estimate of drug-likeness (QED) is 0.370. The van der Waals surface area contributed by atoms with Gasteiger partial charge in [-0.3, -0.25) is 9.79 Å². The first kappa shape index (κ1) is 18.0. The highest BCUT2D eigenvalue weighted by Crippen LogP contribution is 2.16. The SMILES string of the molecule is COC(=O)CCCCN=C(N)N1CCN(c2ccc(F)cc2)CC1. The molecule has 0 aliphatic carbocycles. The molecule has 1 saturated heterocycles. The van der Waals surface area contributed by atoms with E-state index in [0.717, 1.165) is 44.7 Å². The smallest absolute Gasteiger partial charge is 0.305 e. The van der Waals surface area contributed by atoms with Crippen molar-refractivity contribution >= 4 is 17.6 Å². The molecule has 7 heteroatoms. The summed E-state index contributed by atoms with van der Waals surface area (Å²) >= 11 is 0. The summed E-state index contributed by atoms with van der Waals surface area (Å²) in [6.07, 6.45) is 1.98. The number of nitrogens with zero attached hydrogens (tertiary/aromatic N) is 3. The number of carbonyl (C=O) groups excluding carboxylic acids is 1. The van der Waals surface area contributed by atoms with Gasteiger partial charge in [-0.15, -0.1) is 0 Å². The maximum atomic E-state index is 13.0. The molecule has 2 rings (SSSR count). The molecule has 1 aromatic carbocycles. The van der Waals surface area contributed by atoms with Crippen LogP contribution in [0.3, 0.4) is 0 Å². The van der Waals surface area contributed by atoms with Crippen molar-refractivity contribution < 1.29 is 13.9 Å². The Labute approximate surface area is 142 Å². The summed E-state index contributed by atoms with van der Waals surface area (Å²) in [7, 11) is 1.39. The molecule has 0 radical (unpaired) electrons. The van der Waals surface area contributed by atoms with Crippen LogP contribution in [0.5, 0.6) is 0 Å². The predicted octanol–water partition coefficient (Wildman–Crippen LogP) is 1.61. The highest BCUT2D eigenvalue weighted by Gasteiger charge is 2.18. The summed E-state index contributed by atoms with van der Waals surface area (Å²) in [4.78, 5) is 19.6. The lowest BCUT2D eigenvalue weighted by molar-refractivity contribution is -0.140. The van der Waals surface area contributed by atoms with Crippen molar-refractivity contribution in [2.75, 3.05) is 44.7 Å². The number of anilines is 1. The van der Waals surface area contributed by atoms with Gasteiger partial charge in [0.25, 0.3) is 0 Å². The van der Waals surface area contributed by atoms with Crippen LogP contribution in [0.25, 0.3) is 0 Å². The van der Waals surface area contributed by atoms with Crippen LogP contribution in [0.2, 0.25) is 0 Å². The summed E-state index contributed by atoms with van der Waals surface area (Å²) in [5.41, 5.74) is 7.06. The maximum Gasteiger partial charge on any atom is 0.305 e. The average molecular weight is 336 g/mol. The van der Waals surface area contributed by atoms with E-state index in [1.165, 1.54) is 19.2 Å². The van der Waals surface area contributed by atoms with Gasteiger partial charge >= 0.3 is 5.97 Å². The third kappa shape index (κ3) is 5.40. The molecule has 0 aromatic heterocycles. The van der Waals surface area contributed by atoms with E-state index in [9.17, 15) is 9.18 Å². The zero-order chi connectivity index (χ0) is 17.4. The van der Waals surface area contributed by atoms with Crippen molar-refractivity contribution in [3.63, 3.8) is 0 Å². The van der Waals surface area contributed by atoms with Crippen LogP contribution in [-0.2, 0) is 9.53 Å². The second-order valence-electron chi connectivity index (χ2n) is 5.72. The van der Waals surface area contributed by atoms with Crippen LogP contribution in [0, 0.1) is 5.82 Å². The van der Waals surface area contributed by atoms with E-state index in [1.54, 1.807) is 12.1 Å². The number of guanidine groups is 1. The minimum atomic E-state index is -0.221. The van der Waals surface area contributed by atoms with Gasteiger partial charge in [0, 0.05) is 44.8 Å². The molecular weight excluding hydrogens is 311 g/mol. The van der Waals surface area contributed by atoms with E-state index >= 15 is 0 Å². The van der Waals surface area contributed by atoms with Gasteiger partial charge in [0.1, 0.15) is 5.82 Å². The fourth-order valence-corrected chi connectivity index (χ4v) is 2.62. The van der Waals surface area contributed by atoms with Gasteiger partial charge in [0.15, 0.2) is 5.96 Å². The topological polar surface area (TPSA) is 71.2 Å². The number of rotatable bonds is 6. The summed E-state index contributed by atoms with van der Waals surface area (Å²) in [5.74, 6) is 0.136. The van der Waals surface area contributed by atoms with Gasteiger partial charge in [-0.05, 0) is 37.1 Å². The zero-order valence-corrected chi connectivity index (χ0v) is 14.1. The molecule has 1 aliphatic heterocycles. The van der Waals surface area contributed by atoms with Crippen LogP contribution < -0.4 is 10.6 Å². The molecule has 0 saturated carbocycles. The second-order valence-corrected chi connectivity index (χ2v) is 5.72. The molecule has 0 unspecified atom stereocenters. The highest BCUT2D eigenvalue weighted by molar-refractivity contribution is 5.78. The van der Waals surface area contributed by atoms with Crippen molar-refractivity contribution in [2.24, 2.45) is 10.7 Å². The molecule has 0 bridgehead atoms. The van der Waals surface area contributed by atoms with Crippen molar-refractivity contribution in [3.05, 3.63) is 30.1 Å². The van der Waals surface area contributed by atoms with Gasteiger partial charge in [0.2, 0.25) is 0 Å². The molecule has 0 amide bonds. The molecule has 0 atom stereocenters. The summed E-state index contributed by atoms with van der Waals surface area (Å²) in [6, 6.07) is 6.55. The third-order valence-corrected chi connectivity index (χ3v) is 4.09. The third-order valence-electron chi connectivity index (χ3n) is 4.09. The first-order valence-electron chi connectivity index (χ1n) is 8.22. The van der Waals surface area contributed by atoms with Gasteiger partial charge < -0.3 is 20.3 Å². The van der Waals surface area contributed by atoms with Crippen LogP contribution >= 0.6 is 0 Å². The summed E-state index contributed by atoms with van der Waals surface area (Å²) in [6.45, 7) is 3.83. The van der Waals surface area contributed by atoms with Crippen LogP contribution in [0.1, 0.15) is 19.3 Å².